The van der Waals surface area contributed by atoms with E-state index in [2.05, 4.69) is 0 Å². The highest BCUT2D eigenvalue weighted by atomic mass is 16.7. The third kappa shape index (κ3) is 5.16. The minimum Gasteiger partial charge on any atom is -0.431 e. The van der Waals surface area contributed by atoms with Gasteiger partial charge in [0.1, 0.15) is 6.10 Å². The van der Waals surface area contributed by atoms with Crippen molar-refractivity contribution in [3.05, 3.63) is 12.3 Å². The van der Waals surface area contributed by atoms with Crippen molar-refractivity contribution in [3.63, 3.8) is 0 Å². The van der Waals surface area contributed by atoms with E-state index >= 15 is 0 Å². The van der Waals surface area contributed by atoms with Gasteiger partial charge in [0.2, 0.25) is 0 Å². The molecule has 0 spiro atoms. The van der Waals surface area contributed by atoms with Gasteiger partial charge in [0.25, 0.3) is 0 Å². The highest BCUT2D eigenvalue weighted by molar-refractivity contribution is 5.60. The van der Waals surface area contributed by atoms with Gasteiger partial charge in [-0.25, -0.2) is 4.79 Å². The predicted molar refractivity (Wildman–Crippen MR) is 60.0 cm³/mol. The standard InChI is InChI=1S/C12H20O4/c1-3-10(2)16-12(13)15-9-6-11-4-7-14-8-5-11/h6,9-11H,3-5,7-8H2,1-2H3. The Morgan fingerprint density at radius 3 is 2.81 bits per heavy atom. The molecule has 1 aliphatic heterocycles. The molecule has 1 fully saturated rings. The van der Waals surface area contributed by atoms with Crippen LogP contribution >= 0.6 is 0 Å². The second-order valence-electron chi connectivity index (χ2n) is 3.98. The van der Waals surface area contributed by atoms with Crippen molar-refractivity contribution >= 4 is 6.16 Å². The van der Waals surface area contributed by atoms with Gasteiger partial charge in [-0.05, 0) is 38.2 Å². The van der Waals surface area contributed by atoms with Crippen molar-refractivity contribution in [1.29, 1.82) is 0 Å². The third-order valence-corrected chi connectivity index (χ3v) is 2.65. The normalized spacial score (nSPS) is 19.6. The lowest BCUT2D eigenvalue weighted by molar-refractivity contribution is 0.0510. The first-order chi connectivity index (χ1) is 7.72. The molecule has 4 nitrogen and oxygen atoms in total. The summed E-state index contributed by atoms with van der Waals surface area (Å²) in [6, 6.07) is 0. The van der Waals surface area contributed by atoms with Gasteiger partial charge in [0.05, 0.1) is 6.26 Å². The molecule has 0 aromatic rings. The van der Waals surface area contributed by atoms with Crippen molar-refractivity contribution in [3.8, 4) is 0 Å². The summed E-state index contributed by atoms with van der Waals surface area (Å²) >= 11 is 0. The molecule has 4 heteroatoms. The Kier molecular flexibility index (Phi) is 5.93. The van der Waals surface area contributed by atoms with Crippen LogP contribution in [-0.4, -0.2) is 25.5 Å². The first-order valence-corrected chi connectivity index (χ1v) is 5.84. The molecule has 1 unspecified atom stereocenters. The monoisotopic (exact) mass is 228 g/mol. The van der Waals surface area contributed by atoms with Crippen LogP contribution in [0.3, 0.4) is 0 Å². The molecular formula is C12H20O4. The molecule has 0 aromatic heterocycles. The fraction of sp³-hybridized carbons (Fsp3) is 0.750. The predicted octanol–water partition coefficient (Wildman–Crippen LogP) is 2.88. The number of hydrogen-bond acceptors (Lipinski definition) is 4. The van der Waals surface area contributed by atoms with Crippen LogP contribution in [0.15, 0.2) is 12.3 Å². The molecule has 1 heterocycles. The van der Waals surface area contributed by atoms with Crippen LogP contribution in [-0.2, 0) is 14.2 Å². The summed E-state index contributed by atoms with van der Waals surface area (Å²) in [6.45, 7) is 5.36. The lowest BCUT2D eigenvalue weighted by Gasteiger charge is -2.18. The highest BCUT2D eigenvalue weighted by Gasteiger charge is 2.11. The summed E-state index contributed by atoms with van der Waals surface area (Å²) in [5, 5.41) is 0. The van der Waals surface area contributed by atoms with E-state index in [1.165, 1.54) is 6.26 Å². The van der Waals surface area contributed by atoms with Gasteiger partial charge in [-0.15, -0.1) is 0 Å². The zero-order chi connectivity index (χ0) is 11.8. The summed E-state index contributed by atoms with van der Waals surface area (Å²) < 4.78 is 15.0. The number of carbonyl (C=O) groups is 1. The third-order valence-electron chi connectivity index (χ3n) is 2.65. The smallest absolute Gasteiger partial charge is 0.431 e. The topological polar surface area (TPSA) is 44.8 Å². The van der Waals surface area contributed by atoms with E-state index in [0.717, 1.165) is 32.5 Å². The molecule has 0 saturated carbocycles. The number of allylic oxidation sites excluding steroid dienone is 1. The van der Waals surface area contributed by atoms with Crippen molar-refractivity contribution in [1.82, 2.24) is 0 Å². The summed E-state index contributed by atoms with van der Waals surface area (Å²) in [5.74, 6) is 0.449. The minimum atomic E-state index is -0.627. The van der Waals surface area contributed by atoms with E-state index in [9.17, 15) is 4.79 Å². The maximum atomic E-state index is 11.1. The molecule has 1 atom stereocenters. The maximum Gasteiger partial charge on any atom is 0.513 e. The van der Waals surface area contributed by atoms with Crippen LogP contribution < -0.4 is 0 Å². The average molecular weight is 228 g/mol. The van der Waals surface area contributed by atoms with Crippen LogP contribution in [0, 0.1) is 5.92 Å². The quantitative estimate of drug-likeness (QED) is 0.548. The number of ether oxygens (including phenoxy) is 3. The Bertz CT molecular complexity index is 231. The number of carbonyl (C=O) groups excluding carboxylic acids is 1. The van der Waals surface area contributed by atoms with E-state index in [1.54, 1.807) is 0 Å². The van der Waals surface area contributed by atoms with Crippen LogP contribution in [0.2, 0.25) is 0 Å². The average Bonchev–Trinajstić information content (AvgIpc) is 2.30. The van der Waals surface area contributed by atoms with Crippen molar-refractivity contribution in [2.45, 2.75) is 39.2 Å². The molecule has 0 amide bonds. The van der Waals surface area contributed by atoms with E-state index in [4.69, 9.17) is 14.2 Å². The largest absolute Gasteiger partial charge is 0.513 e. The summed E-state index contributed by atoms with van der Waals surface area (Å²) in [5.41, 5.74) is 0. The summed E-state index contributed by atoms with van der Waals surface area (Å²) in [7, 11) is 0. The Morgan fingerprint density at radius 1 is 1.50 bits per heavy atom. The first-order valence-electron chi connectivity index (χ1n) is 5.84. The van der Waals surface area contributed by atoms with Crippen LogP contribution in [0.4, 0.5) is 4.79 Å². The second kappa shape index (κ2) is 7.28. The second-order valence-corrected chi connectivity index (χ2v) is 3.98. The molecule has 1 saturated heterocycles. The van der Waals surface area contributed by atoms with Gasteiger partial charge < -0.3 is 14.2 Å². The molecule has 16 heavy (non-hydrogen) atoms. The van der Waals surface area contributed by atoms with Crippen LogP contribution in [0.1, 0.15) is 33.1 Å². The molecule has 0 aromatic carbocycles. The van der Waals surface area contributed by atoms with Gasteiger partial charge in [0.15, 0.2) is 0 Å². The molecule has 1 rings (SSSR count). The van der Waals surface area contributed by atoms with Crippen LogP contribution in [0.25, 0.3) is 0 Å². The molecule has 0 N–H and O–H groups in total. The molecule has 0 aliphatic carbocycles. The summed E-state index contributed by atoms with van der Waals surface area (Å²) in [4.78, 5) is 11.1. The lowest BCUT2D eigenvalue weighted by atomic mass is 10.0. The zero-order valence-corrected chi connectivity index (χ0v) is 9.98. The van der Waals surface area contributed by atoms with Gasteiger partial charge in [-0.3, -0.25) is 0 Å². The highest BCUT2D eigenvalue weighted by Crippen LogP contribution is 2.15. The van der Waals surface area contributed by atoms with Crippen molar-refractivity contribution in [2.75, 3.05) is 13.2 Å². The van der Waals surface area contributed by atoms with E-state index in [-0.39, 0.29) is 6.10 Å². The molecular weight excluding hydrogens is 208 g/mol. The van der Waals surface area contributed by atoms with Gasteiger partial charge >= 0.3 is 6.16 Å². The Hall–Kier alpha value is -1.03. The van der Waals surface area contributed by atoms with Crippen molar-refractivity contribution < 1.29 is 19.0 Å². The maximum absolute atomic E-state index is 11.1. The zero-order valence-electron chi connectivity index (χ0n) is 9.98. The minimum absolute atomic E-state index is 0.0935. The fourth-order valence-electron chi connectivity index (χ4n) is 1.39. The molecule has 92 valence electrons. The van der Waals surface area contributed by atoms with Gasteiger partial charge in [0, 0.05) is 13.2 Å². The summed E-state index contributed by atoms with van der Waals surface area (Å²) in [6.07, 6.45) is 5.38. The van der Waals surface area contributed by atoms with E-state index in [1.807, 2.05) is 19.9 Å². The first kappa shape index (κ1) is 13.0. The van der Waals surface area contributed by atoms with E-state index in [0.29, 0.717) is 5.92 Å². The number of hydrogen-bond donors (Lipinski definition) is 0. The van der Waals surface area contributed by atoms with Gasteiger partial charge in [-0.2, -0.15) is 0 Å². The van der Waals surface area contributed by atoms with E-state index < -0.39 is 6.16 Å². The fourth-order valence-corrected chi connectivity index (χ4v) is 1.39. The SMILES string of the molecule is CCC(C)OC(=O)OC=CC1CCOCC1. The Balaban J connectivity index is 2.17. The molecule has 0 bridgehead atoms. The Labute approximate surface area is 96.6 Å². The molecule has 1 aliphatic rings. The van der Waals surface area contributed by atoms with Crippen molar-refractivity contribution in [2.24, 2.45) is 5.92 Å². The molecule has 0 radical (unpaired) electrons. The van der Waals surface area contributed by atoms with Gasteiger partial charge in [-0.1, -0.05) is 6.92 Å². The van der Waals surface area contributed by atoms with Crippen LogP contribution in [0.5, 0.6) is 0 Å². The number of rotatable bonds is 4. The lowest BCUT2D eigenvalue weighted by Crippen LogP contribution is -2.15. The Morgan fingerprint density at radius 2 is 2.19 bits per heavy atom.